The van der Waals surface area contributed by atoms with Gasteiger partial charge in [-0.2, -0.15) is 0 Å². The van der Waals surface area contributed by atoms with Crippen LogP contribution < -0.4 is 5.46 Å². The van der Waals surface area contributed by atoms with E-state index in [1.54, 1.807) is 5.56 Å². The number of hydrogen-bond acceptors (Lipinski definition) is 3. The Morgan fingerprint density at radius 2 is 1.47 bits per heavy atom. The van der Waals surface area contributed by atoms with Gasteiger partial charge in [0.05, 0.1) is 23.1 Å². The Hall–Kier alpha value is -2.37. The number of imidazole rings is 1. The molecular formula is C33H41BN2O2. The molecule has 1 N–H and O–H groups in total. The molecule has 3 aromatic rings. The first-order valence-electron chi connectivity index (χ1n) is 14.9. The average Bonchev–Trinajstić information content (AvgIpc) is 3.72. The Morgan fingerprint density at radius 1 is 0.816 bits per heavy atom. The van der Waals surface area contributed by atoms with Crippen LogP contribution in [0, 0.1) is 0 Å². The molecule has 2 heterocycles. The van der Waals surface area contributed by atoms with Crippen LogP contribution in [0.5, 0.6) is 0 Å². The summed E-state index contributed by atoms with van der Waals surface area (Å²) in [7, 11) is -0.296. The molecule has 4 aliphatic rings. The first-order chi connectivity index (χ1) is 18.3. The number of nitrogens with one attached hydrogen (secondary N) is 1. The molecular weight excluding hydrogens is 467 g/mol. The molecule has 1 saturated heterocycles. The molecule has 198 valence electrons. The summed E-state index contributed by atoms with van der Waals surface area (Å²) in [6.07, 6.45) is 14.8. The minimum absolute atomic E-state index is 0.288. The van der Waals surface area contributed by atoms with Gasteiger partial charge < -0.3 is 14.3 Å². The lowest BCUT2D eigenvalue weighted by Crippen LogP contribution is -2.41. The maximum absolute atomic E-state index is 6.60. The molecule has 1 spiro atoms. The van der Waals surface area contributed by atoms with Gasteiger partial charge in [0.2, 0.25) is 0 Å². The molecule has 2 aromatic carbocycles. The van der Waals surface area contributed by atoms with Crippen LogP contribution in [0.4, 0.5) is 0 Å². The standard InChI is InChI=1S/C33H41BN2O2/c1-31(2)32(3,4)38-34(37-31)27-16-15-25(26-17-20-33(29(26)27)18-7-8-19-33)22-11-13-23(14-12-22)28-21-35-30(36-28)24-9-5-6-10-24/h11-16,21,24H,5-10,17-20H2,1-4H3,(H,35,36). The van der Waals surface area contributed by atoms with Crippen molar-refractivity contribution in [2.45, 2.75) is 114 Å². The molecule has 0 amide bonds. The van der Waals surface area contributed by atoms with E-state index >= 15 is 0 Å². The van der Waals surface area contributed by atoms with Crippen molar-refractivity contribution in [3.8, 4) is 22.4 Å². The quantitative estimate of drug-likeness (QED) is 0.372. The second kappa shape index (κ2) is 8.82. The zero-order chi connectivity index (χ0) is 26.1. The summed E-state index contributed by atoms with van der Waals surface area (Å²) in [5, 5.41) is 0. The zero-order valence-electron chi connectivity index (χ0n) is 23.5. The van der Waals surface area contributed by atoms with Crippen molar-refractivity contribution in [3.05, 3.63) is 59.5 Å². The molecule has 3 fully saturated rings. The van der Waals surface area contributed by atoms with Crippen molar-refractivity contribution < 1.29 is 9.31 Å². The maximum Gasteiger partial charge on any atom is 0.495 e. The van der Waals surface area contributed by atoms with Gasteiger partial charge in [-0.05, 0) is 105 Å². The van der Waals surface area contributed by atoms with E-state index in [1.165, 1.54) is 91.3 Å². The van der Waals surface area contributed by atoms with Crippen LogP contribution in [0.1, 0.15) is 108 Å². The number of aromatic amines is 1. The van der Waals surface area contributed by atoms with E-state index in [0.29, 0.717) is 5.92 Å². The lowest BCUT2D eigenvalue weighted by atomic mass is 9.67. The molecule has 0 bridgehead atoms. The van der Waals surface area contributed by atoms with Crippen LogP contribution in [0.25, 0.3) is 22.4 Å². The Kier molecular flexibility index (Phi) is 5.73. The van der Waals surface area contributed by atoms with Gasteiger partial charge in [-0.1, -0.05) is 62.1 Å². The molecule has 2 saturated carbocycles. The second-order valence-electron chi connectivity index (χ2n) is 13.4. The van der Waals surface area contributed by atoms with Gasteiger partial charge in [0.15, 0.2) is 0 Å². The number of nitrogens with zero attached hydrogens (tertiary/aromatic N) is 1. The number of benzene rings is 2. The van der Waals surface area contributed by atoms with E-state index in [0.717, 1.165) is 12.1 Å². The largest absolute Gasteiger partial charge is 0.495 e. The van der Waals surface area contributed by atoms with Crippen LogP contribution in [-0.2, 0) is 21.1 Å². The van der Waals surface area contributed by atoms with Gasteiger partial charge in [-0.25, -0.2) is 4.98 Å². The number of rotatable bonds is 4. The highest BCUT2D eigenvalue weighted by Crippen LogP contribution is 2.52. The van der Waals surface area contributed by atoms with Gasteiger partial charge in [0, 0.05) is 5.92 Å². The Morgan fingerprint density at radius 3 is 2.16 bits per heavy atom. The summed E-state index contributed by atoms with van der Waals surface area (Å²) >= 11 is 0. The fraction of sp³-hybridized carbons (Fsp3) is 0.545. The predicted octanol–water partition coefficient (Wildman–Crippen LogP) is 7.46. The predicted molar refractivity (Wildman–Crippen MR) is 155 cm³/mol. The monoisotopic (exact) mass is 508 g/mol. The van der Waals surface area contributed by atoms with Gasteiger partial charge in [0.1, 0.15) is 5.82 Å². The Bertz CT molecular complexity index is 1330. The van der Waals surface area contributed by atoms with Gasteiger partial charge in [-0.15, -0.1) is 0 Å². The van der Waals surface area contributed by atoms with Crippen molar-refractivity contribution in [1.29, 1.82) is 0 Å². The summed E-state index contributed by atoms with van der Waals surface area (Å²) in [5.41, 5.74) is 9.00. The molecule has 0 radical (unpaired) electrons. The highest BCUT2D eigenvalue weighted by atomic mass is 16.7. The maximum atomic E-state index is 6.60. The first-order valence-corrected chi connectivity index (χ1v) is 14.9. The van der Waals surface area contributed by atoms with Gasteiger partial charge in [-0.3, -0.25) is 0 Å². The van der Waals surface area contributed by atoms with Crippen molar-refractivity contribution in [3.63, 3.8) is 0 Å². The molecule has 4 nitrogen and oxygen atoms in total. The normalized spacial score (nSPS) is 23.5. The molecule has 0 unspecified atom stereocenters. The summed E-state index contributed by atoms with van der Waals surface area (Å²) in [5.74, 6) is 1.77. The SMILES string of the molecule is CC1(C)OB(c2ccc(-c3ccc(-c4cnc(C5CCCC5)[nH]4)cc3)c3c2C2(CCCC2)CC3)OC1(C)C. The van der Waals surface area contributed by atoms with Crippen LogP contribution in [-0.4, -0.2) is 28.3 Å². The second-order valence-corrected chi connectivity index (χ2v) is 13.4. The topological polar surface area (TPSA) is 47.1 Å². The Labute approximate surface area is 228 Å². The third-order valence-corrected chi connectivity index (χ3v) is 10.6. The van der Waals surface area contributed by atoms with Gasteiger partial charge >= 0.3 is 7.12 Å². The van der Waals surface area contributed by atoms with Crippen molar-refractivity contribution >= 4 is 12.6 Å². The highest BCUT2D eigenvalue weighted by Gasteiger charge is 2.54. The Balaban J connectivity index is 1.24. The lowest BCUT2D eigenvalue weighted by molar-refractivity contribution is 0.00578. The smallest absolute Gasteiger partial charge is 0.399 e. The number of aromatic nitrogens is 2. The van der Waals surface area contributed by atoms with E-state index in [4.69, 9.17) is 14.3 Å². The summed E-state index contributed by atoms with van der Waals surface area (Å²) in [4.78, 5) is 8.35. The van der Waals surface area contributed by atoms with Crippen LogP contribution in [0.2, 0.25) is 0 Å². The summed E-state index contributed by atoms with van der Waals surface area (Å²) in [6, 6.07) is 13.8. The van der Waals surface area contributed by atoms with Crippen LogP contribution >= 0.6 is 0 Å². The minimum atomic E-state index is -0.329. The average molecular weight is 509 g/mol. The third-order valence-electron chi connectivity index (χ3n) is 10.6. The number of fused-ring (bicyclic) bond motifs is 2. The number of hydrogen-bond donors (Lipinski definition) is 1. The minimum Gasteiger partial charge on any atom is -0.399 e. The van der Waals surface area contributed by atoms with Crippen molar-refractivity contribution in [2.75, 3.05) is 0 Å². The number of H-pyrrole nitrogens is 1. The zero-order valence-corrected chi connectivity index (χ0v) is 23.5. The molecule has 1 aliphatic heterocycles. The van der Waals surface area contributed by atoms with E-state index < -0.39 is 0 Å². The van der Waals surface area contributed by atoms with Crippen LogP contribution in [0.15, 0.2) is 42.6 Å². The fourth-order valence-electron chi connectivity index (χ4n) is 7.75. The molecule has 7 rings (SSSR count). The van der Waals surface area contributed by atoms with E-state index in [2.05, 4.69) is 69.1 Å². The lowest BCUT2D eigenvalue weighted by Gasteiger charge is -2.32. The molecule has 0 atom stereocenters. The summed E-state index contributed by atoms with van der Waals surface area (Å²) < 4.78 is 13.2. The van der Waals surface area contributed by atoms with E-state index in [1.807, 2.05) is 6.20 Å². The molecule has 1 aromatic heterocycles. The third kappa shape index (κ3) is 3.84. The van der Waals surface area contributed by atoms with Crippen molar-refractivity contribution in [1.82, 2.24) is 9.97 Å². The molecule has 3 aliphatic carbocycles. The van der Waals surface area contributed by atoms with Crippen LogP contribution in [0.3, 0.4) is 0 Å². The highest BCUT2D eigenvalue weighted by molar-refractivity contribution is 6.62. The molecule has 5 heteroatoms. The first kappa shape index (κ1) is 24.7. The molecule has 38 heavy (non-hydrogen) atoms. The summed E-state index contributed by atoms with van der Waals surface area (Å²) in [6.45, 7) is 8.63. The van der Waals surface area contributed by atoms with Gasteiger partial charge in [0.25, 0.3) is 0 Å². The van der Waals surface area contributed by atoms with E-state index in [-0.39, 0.29) is 23.7 Å². The van der Waals surface area contributed by atoms with Crippen molar-refractivity contribution in [2.24, 2.45) is 0 Å². The van der Waals surface area contributed by atoms with E-state index in [9.17, 15) is 0 Å². The fourth-order valence-corrected chi connectivity index (χ4v) is 7.75.